The van der Waals surface area contributed by atoms with Gasteiger partial charge in [-0.2, -0.15) is 0 Å². The average molecular weight is 416 g/mol. The second-order valence-corrected chi connectivity index (χ2v) is 9.54. The maximum atomic E-state index is 14.0. The van der Waals surface area contributed by atoms with Crippen LogP contribution in [0.2, 0.25) is 0 Å². The van der Waals surface area contributed by atoms with E-state index in [1.807, 2.05) is 16.7 Å². The molecule has 3 aliphatic heterocycles. The molecule has 166 valence electrons. The van der Waals surface area contributed by atoms with Crippen LogP contribution in [-0.4, -0.2) is 97.9 Å². The fraction of sp³-hybridized carbons (Fsp3) is 0.952. The number of rotatable bonds is 5. The molecule has 0 aromatic rings. The molecule has 3 heterocycles. The summed E-state index contributed by atoms with van der Waals surface area (Å²) in [4.78, 5) is 18.4. The smallest absolute Gasteiger partial charge is 0.409 e. The van der Waals surface area contributed by atoms with E-state index >= 15 is 0 Å². The minimum atomic E-state index is -2.59. The van der Waals surface area contributed by atoms with E-state index < -0.39 is 5.92 Å². The quantitative estimate of drug-likeness (QED) is 0.691. The Labute approximate surface area is 172 Å². The maximum absolute atomic E-state index is 14.0. The molecule has 0 bridgehead atoms. The van der Waals surface area contributed by atoms with E-state index in [4.69, 9.17) is 9.47 Å². The number of hydrogen-bond donors (Lipinski definition) is 0. The zero-order chi connectivity index (χ0) is 20.6. The second-order valence-electron chi connectivity index (χ2n) is 9.54. The van der Waals surface area contributed by atoms with Crippen molar-refractivity contribution >= 4 is 6.09 Å². The number of amides is 1. The third kappa shape index (κ3) is 4.39. The number of nitrogens with zero attached hydrogens (tertiary/aromatic N) is 3. The highest BCUT2D eigenvalue weighted by Gasteiger charge is 2.52. The molecule has 3 saturated heterocycles. The van der Waals surface area contributed by atoms with Gasteiger partial charge >= 0.3 is 6.09 Å². The van der Waals surface area contributed by atoms with E-state index in [2.05, 4.69) is 4.90 Å². The number of carbonyl (C=O) groups is 1. The molecule has 0 unspecified atom stereocenters. The molecule has 0 radical (unpaired) electrons. The lowest BCUT2D eigenvalue weighted by Gasteiger charge is -2.52. The molecule has 4 aliphatic rings. The lowest BCUT2D eigenvalue weighted by atomic mass is 9.64. The van der Waals surface area contributed by atoms with Crippen molar-refractivity contribution in [3.63, 3.8) is 0 Å². The molecule has 1 amide bonds. The zero-order valence-electron chi connectivity index (χ0n) is 17.7. The predicted octanol–water partition coefficient (Wildman–Crippen LogP) is 2.82. The SMILES string of the molecule is CCOC(=O)N1CCC2(CC(N3CCC(N4CC(F)(F)C[C@@H]4COC)CC3)C2)C1. The van der Waals surface area contributed by atoms with Gasteiger partial charge in [-0.05, 0) is 57.5 Å². The number of likely N-dealkylation sites (tertiary alicyclic amines) is 3. The molecular formula is C21H35F2N3O3. The van der Waals surface area contributed by atoms with Gasteiger partial charge in [0.15, 0.2) is 0 Å². The number of piperidine rings is 1. The highest BCUT2D eigenvalue weighted by molar-refractivity contribution is 5.68. The normalized spacial score (nSPS) is 35.9. The van der Waals surface area contributed by atoms with Crippen molar-refractivity contribution in [1.82, 2.24) is 14.7 Å². The Morgan fingerprint density at radius 1 is 1.07 bits per heavy atom. The number of halogens is 2. The molecule has 8 heteroatoms. The minimum absolute atomic E-state index is 0.0802. The van der Waals surface area contributed by atoms with Gasteiger partial charge in [0.2, 0.25) is 0 Å². The first-order chi connectivity index (χ1) is 13.8. The lowest BCUT2D eigenvalue weighted by Crippen LogP contribution is -2.56. The van der Waals surface area contributed by atoms with Crippen LogP contribution in [0.3, 0.4) is 0 Å². The van der Waals surface area contributed by atoms with Gasteiger partial charge in [-0.3, -0.25) is 4.90 Å². The number of carbonyl (C=O) groups excluding carboxylic acids is 1. The number of hydrogen-bond acceptors (Lipinski definition) is 5. The van der Waals surface area contributed by atoms with E-state index in [1.54, 1.807) is 7.11 Å². The molecule has 0 N–H and O–H groups in total. The number of alkyl halides is 2. The second kappa shape index (κ2) is 8.27. The summed E-state index contributed by atoms with van der Waals surface area (Å²) in [5.74, 6) is -2.59. The van der Waals surface area contributed by atoms with E-state index in [1.165, 1.54) is 0 Å². The van der Waals surface area contributed by atoms with Crippen molar-refractivity contribution in [3.8, 4) is 0 Å². The molecule has 29 heavy (non-hydrogen) atoms. The molecular weight excluding hydrogens is 380 g/mol. The van der Waals surface area contributed by atoms with Crippen molar-refractivity contribution in [2.45, 2.75) is 69.5 Å². The van der Waals surface area contributed by atoms with Crippen LogP contribution < -0.4 is 0 Å². The fourth-order valence-corrected chi connectivity index (χ4v) is 6.12. The molecule has 4 rings (SSSR count). The van der Waals surface area contributed by atoms with E-state index in [0.29, 0.717) is 19.3 Å². The Hall–Kier alpha value is -0.990. The maximum Gasteiger partial charge on any atom is 0.409 e. The van der Waals surface area contributed by atoms with Crippen LogP contribution in [0.25, 0.3) is 0 Å². The first kappa shape index (κ1) is 21.2. The summed E-state index contributed by atoms with van der Waals surface area (Å²) in [5.41, 5.74) is 0.273. The van der Waals surface area contributed by atoms with Crippen LogP contribution in [-0.2, 0) is 9.47 Å². The minimum Gasteiger partial charge on any atom is -0.450 e. The van der Waals surface area contributed by atoms with Crippen molar-refractivity contribution in [1.29, 1.82) is 0 Å². The standard InChI is InChI=1S/C21H35F2N3O3/c1-3-29-19(27)25-9-6-20(14-25)10-17(11-20)24-7-4-16(5-8-24)26-15-21(22,23)12-18(26)13-28-2/h16-18H,3-15H2,1-2H3/t17?,18-,20?/m1/s1. The summed E-state index contributed by atoms with van der Waals surface area (Å²) in [6.07, 6.45) is 5.00. The topological polar surface area (TPSA) is 45.2 Å². The van der Waals surface area contributed by atoms with Crippen molar-refractivity contribution < 1.29 is 23.0 Å². The molecule has 1 spiro atoms. The summed E-state index contributed by atoms with van der Waals surface area (Å²) in [7, 11) is 1.59. The van der Waals surface area contributed by atoms with Crippen molar-refractivity contribution in [2.24, 2.45) is 5.41 Å². The van der Waals surface area contributed by atoms with Gasteiger partial charge in [0.05, 0.1) is 19.8 Å². The van der Waals surface area contributed by atoms with Gasteiger partial charge in [-0.15, -0.1) is 0 Å². The van der Waals surface area contributed by atoms with Gasteiger partial charge in [-0.1, -0.05) is 0 Å². The Kier molecular flexibility index (Phi) is 6.06. The summed E-state index contributed by atoms with van der Waals surface area (Å²) < 4.78 is 38.2. The molecule has 4 fully saturated rings. The molecule has 1 atom stereocenters. The number of methoxy groups -OCH3 is 1. The Bertz CT molecular complexity index is 592. The predicted molar refractivity (Wildman–Crippen MR) is 105 cm³/mol. The third-order valence-electron chi connectivity index (χ3n) is 7.56. The zero-order valence-corrected chi connectivity index (χ0v) is 17.7. The van der Waals surface area contributed by atoms with Gasteiger partial charge in [0, 0.05) is 44.7 Å². The molecule has 1 saturated carbocycles. The van der Waals surface area contributed by atoms with Crippen LogP contribution in [0, 0.1) is 5.41 Å². The Morgan fingerprint density at radius 2 is 1.79 bits per heavy atom. The Morgan fingerprint density at radius 3 is 2.45 bits per heavy atom. The van der Waals surface area contributed by atoms with E-state index in [9.17, 15) is 13.6 Å². The Balaban J connectivity index is 1.24. The summed E-state index contributed by atoms with van der Waals surface area (Å²) in [6, 6.07) is 0.651. The van der Waals surface area contributed by atoms with Crippen LogP contribution in [0.15, 0.2) is 0 Å². The average Bonchev–Trinajstić information content (AvgIpc) is 3.23. The monoisotopic (exact) mass is 415 g/mol. The van der Waals surface area contributed by atoms with Gasteiger partial charge < -0.3 is 19.3 Å². The van der Waals surface area contributed by atoms with Gasteiger partial charge in [-0.25, -0.2) is 13.6 Å². The first-order valence-corrected chi connectivity index (χ1v) is 11.1. The van der Waals surface area contributed by atoms with E-state index in [-0.39, 0.29) is 36.6 Å². The molecule has 1 aliphatic carbocycles. The lowest BCUT2D eigenvalue weighted by molar-refractivity contribution is -0.0265. The highest BCUT2D eigenvalue weighted by Crippen LogP contribution is 2.50. The third-order valence-corrected chi connectivity index (χ3v) is 7.56. The summed E-state index contributed by atoms with van der Waals surface area (Å²) >= 11 is 0. The van der Waals surface area contributed by atoms with Crippen LogP contribution >= 0.6 is 0 Å². The van der Waals surface area contributed by atoms with Crippen molar-refractivity contribution in [3.05, 3.63) is 0 Å². The molecule has 6 nitrogen and oxygen atoms in total. The van der Waals surface area contributed by atoms with Crippen LogP contribution in [0.4, 0.5) is 13.6 Å². The highest BCUT2D eigenvalue weighted by atomic mass is 19.3. The van der Waals surface area contributed by atoms with Crippen molar-refractivity contribution in [2.75, 3.05) is 53.0 Å². The summed E-state index contributed by atoms with van der Waals surface area (Å²) in [5, 5.41) is 0. The molecule has 0 aromatic heterocycles. The van der Waals surface area contributed by atoms with E-state index in [0.717, 1.165) is 58.3 Å². The van der Waals surface area contributed by atoms with Gasteiger partial charge in [0.25, 0.3) is 5.92 Å². The molecule has 0 aromatic carbocycles. The summed E-state index contributed by atoms with van der Waals surface area (Å²) in [6.45, 7) is 6.11. The fourth-order valence-electron chi connectivity index (χ4n) is 6.12. The largest absolute Gasteiger partial charge is 0.450 e. The van der Waals surface area contributed by atoms with Gasteiger partial charge in [0.1, 0.15) is 0 Å². The van der Waals surface area contributed by atoms with Crippen LogP contribution in [0.5, 0.6) is 0 Å². The number of ether oxygens (including phenoxy) is 2. The van der Waals surface area contributed by atoms with Crippen LogP contribution in [0.1, 0.15) is 45.4 Å². The first-order valence-electron chi connectivity index (χ1n) is 11.1.